The van der Waals surface area contributed by atoms with Crippen LogP contribution in [0.25, 0.3) is 5.76 Å². The topological polar surface area (TPSA) is 90.3 Å². The van der Waals surface area contributed by atoms with Gasteiger partial charge in [-0.25, -0.2) is 0 Å². The summed E-state index contributed by atoms with van der Waals surface area (Å²) in [4.78, 5) is 29.8. The highest BCUT2D eigenvalue weighted by Crippen LogP contribution is 2.40. The Bertz CT molecular complexity index is 1030. The minimum atomic E-state index is -0.743. The number of hydrogen-bond acceptors (Lipinski definition) is 6. The largest absolute Gasteiger partial charge is 0.508 e. The number of benzene rings is 2. The molecule has 0 aromatic heterocycles. The Morgan fingerprint density at radius 3 is 2.31 bits per heavy atom. The summed E-state index contributed by atoms with van der Waals surface area (Å²) in [5, 5.41) is 20.9. The molecule has 1 aliphatic rings. The maximum absolute atomic E-state index is 13.1. The van der Waals surface area contributed by atoms with Gasteiger partial charge in [0.2, 0.25) is 0 Å². The van der Waals surface area contributed by atoms with Gasteiger partial charge in [0.15, 0.2) is 0 Å². The predicted octanol–water partition coefficient (Wildman–Crippen LogP) is 3.47. The number of methoxy groups -OCH3 is 1. The molecule has 1 amide bonds. The second-order valence-electron chi connectivity index (χ2n) is 7.79. The van der Waals surface area contributed by atoms with E-state index >= 15 is 0 Å². The molecule has 32 heavy (non-hydrogen) atoms. The normalized spacial score (nSPS) is 17.9. The van der Waals surface area contributed by atoms with E-state index < -0.39 is 17.7 Å². The fourth-order valence-corrected chi connectivity index (χ4v) is 4.08. The minimum Gasteiger partial charge on any atom is -0.508 e. The summed E-state index contributed by atoms with van der Waals surface area (Å²) in [6.07, 6.45) is 0. The van der Waals surface area contributed by atoms with Crippen molar-refractivity contribution in [1.29, 1.82) is 0 Å². The molecular weight excluding hydrogens is 408 g/mol. The first-order valence-electron chi connectivity index (χ1n) is 10.8. The van der Waals surface area contributed by atoms with Crippen molar-refractivity contribution in [3.63, 3.8) is 0 Å². The number of phenols is 1. The fraction of sp³-hybridized carbons (Fsp3) is 0.360. The molecule has 1 aliphatic heterocycles. The van der Waals surface area contributed by atoms with Gasteiger partial charge in [-0.2, -0.15) is 0 Å². The molecule has 0 aliphatic carbocycles. The lowest BCUT2D eigenvalue weighted by Crippen LogP contribution is -2.38. The first-order valence-corrected chi connectivity index (χ1v) is 10.8. The van der Waals surface area contributed by atoms with Gasteiger partial charge in [-0.1, -0.05) is 26.0 Å². The second kappa shape index (κ2) is 9.87. The van der Waals surface area contributed by atoms with Crippen LogP contribution in [0.15, 0.2) is 48.0 Å². The predicted molar refractivity (Wildman–Crippen MR) is 123 cm³/mol. The van der Waals surface area contributed by atoms with Crippen LogP contribution in [0.5, 0.6) is 11.5 Å². The summed E-state index contributed by atoms with van der Waals surface area (Å²) in [7, 11) is 1.56. The van der Waals surface area contributed by atoms with Crippen LogP contribution in [0.1, 0.15) is 36.6 Å². The monoisotopic (exact) mass is 438 g/mol. The molecule has 0 radical (unpaired) electrons. The highest BCUT2D eigenvalue weighted by Gasteiger charge is 2.46. The van der Waals surface area contributed by atoms with Crippen molar-refractivity contribution in [2.45, 2.75) is 26.8 Å². The van der Waals surface area contributed by atoms with Crippen molar-refractivity contribution in [3.05, 3.63) is 64.7 Å². The SMILES string of the molecule is CCN(CC)CCN1C(=O)C(=O)/C(=C(\O)c2ccc(OC)cc2C)C1c1ccc(O)cc1. The smallest absolute Gasteiger partial charge is 0.295 e. The first kappa shape index (κ1) is 23.3. The third kappa shape index (κ3) is 4.48. The highest BCUT2D eigenvalue weighted by atomic mass is 16.5. The quantitative estimate of drug-likeness (QED) is 0.373. The number of aliphatic hydroxyl groups excluding tert-OH is 1. The van der Waals surface area contributed by atoms with Crippen LogP contribution in [0.4, 0.5) is 0 Å². The van der Waals surface area contributed by atoms with Crippen LogP contribution in [0.2, 0.25) is 0 Å². The summed E-state index contributed by atoms with van der Waals surface area (Å²) in [6, 6.07) is 10.8. The van der Waals surface area contributed by atoms with E-state index in [9.17, 15) is 19.8 Å². The van der Waals surface area contributed by atoms with Crippen LogP contribution in [-0.2, 0) is 9.59 Å². The molecule has 3 rings (SSSR count). The Morgan fingerprint density at radius 2 is 1.75 bits per heavy atom. The molecule has 0 spiro atoms. The average molecular weight is 439 g/mol. The number of nitrogens with zero attached hydrogens (tertiary/aromatic N) is 2. The minimum absolute atomic E-state index is 0.0495. The number of rotatable bonds is 8. The van der Waals surface area contributed by atoms with E-state index in [-0.39, 0.29) is 17.1 Å². The van der Waals surface area contributed by atoms with Crippen LogP contribution >= 0.6 is 0 Å². The Balaban J connectivity index is 2.12. The maximum Gasteiger partial charge on any atom is 0.295 e. The average Bonchev–Trinajstić information content (AvgIpc) is 3.04. The summed E-state index contributed by atoms with van der Waals surface area (Å²) in [5.41, 5.74) is 1.89. The molecule has 7 nitrogen and oxygen atoms in total. The fourth-order valence-electron chi connectivity index (χ4n) is 4.08. The molecule has 170 valence electrons. The number of carbonyl (C=O) groups excluding carboxylic acids is 2. The third-order valence-electron chi connectivity index (χ3n) is 5.99. The van der Waals surface area contributed by atoms with Crippen molar-refractivity contribution in [1.82, 2.24) is 9.80 Å². The zero-order valence-electron chi connectivity index (χ0n) is 19.0. The third-order valence-corrected chi connectivity index (χ3v) is 5.99. The molecule has 1 fully saturated rings. The van der Waals surface area contributed by atoms with Gasteiger partial charge in [-0.3, -0.25) is 9.59 Å². The number of likely N-dealkylation sites (N-methyl/N-ethyl adjacent to an activating group) is 1. The van der Waals surface area contributed by atoms with Crippen molar-refractivity contribution >= 4 is 17.4 Å². The Labute approximate surface area is 188 Å². The van der Waals surface area contributed by atoms with E-state index in [1.54, 1.807) is 37.4 Å². The zero-order chi connectivity index (χ0) is 23.4. The number of carbonyl (C=O) groups is 2. The molecule has 2 aromatic rings. The number of ether oxygens (including phenoxy) is 1. The number of phenolic OH excluding ortho intramolecular Hbond substituents is 1. The van der Waals surface area contributed by atoms with Gasteiger partial charge in [0.25, 0.3) is 11.7 Å². The number of ketones is 1. The number of aryl methyl sites for hydroxylation is 1. The number of hydrogen-bond donors (Lipinski definition) is 2. The Morgan fingerprint density at radius 1 is 1.09 bits per heavy atom. The van der Waals surface area contributed by atoms with E-state index in [0.717, 1.165) is 18.7 Å². The van der Waals surface area contributed by atoms with Gasteiger partial charge in [0, 0.05) is 18.7 Å². The van der Waals surface area contributed by atoms with Crippen LogP contribution < -0.4 is 4.74 Å². The summed E-state index contributed by atoms with van der Waals surface area (Å²) in [6.45, 7) is 8.50. The molecule has 2 aromatic carbocycles. The van der Waals surface area contributed by atoms with E-state index in [2.05, 4.69) is 4.90 Å². The Kier molecular flexibility index (Phi) is 7.20. The first-order chi connectivity index (χ1) is 15.3. The Hall–Kier alpha value is -3.32. The van der Waals surface area contributed by atoms with Crippen molar-refractivity contribution in [2.75, 3.05) is 33.3 Å². The number of Topliss-reactive ketones (excluding diaryl/α,β-unsaturated/α-hetero) is 1. The van der Waals surface area contributed by atoms with Crippen LogP contribution in [0.3, 0.4) is 0 Å². The van der Waals surface area contributed by atoms with Gasteiger partial charge in [-0.15, -0.1) is 0 Å². The highest BCUT2D eigenvalue weighted by molar-refractivity contribution is 6.46. The molecular formula is C25H30N2O5. The van der Waals surface area contributed by atoms with Gasteiger partial charge < -0.3 is 24.7 Å². The van der Waals surface area contributed by atoms with Crippen molar-refractivity contribution in [3.8, 4) is 11.5 Å². The van der Waals surface area contributed by atoms with E-state index in [4.69, 9.17) is 4.74 Å². The molecule has 0 bridgehead atoms. The van der Waals surface area contributed by atoms with E-state index in [1.165, 1.54) is 17.0 Å². The lowest BCUT2D eigenvalue weighted by atomic mass is 9.94. The molecule has 2 N–H and O–H groups in total. The van der Waals surface area contributed by atoms with E-state index in [0.29, 0.717) is 30.0 Å². The molecule has 1 atom stereocenters. The molecule has 0 saturated carbocycles. The van der Waals surface area contributed by atoms with Crippen LogP contribution in [-0.4, -0.2) is 65.0 Å². The number of aromatic hydroxyl groups is 1. The van der Waals surface area contributed by atoms with Gasteiger partial charge in [0.1, 0.15) is 17.3 Å². The summed E-state index contributed by atoms with van der Waals surface area (Å²) >= 11 is 0. The zero-order valence-corrected chi connectivity index (χ0v) is 19.0. The lowest BCUT2D eigenvalue weighted by Gasteiger charge is -2.28. The number of aliphatic hydroxyl groups is 1. The number of amides is 1. The number of likely N-dealkylation sites (tertiary alicyclic amines) is 1. The van der Waals surface area contributed by atoms with Gasteiger partial charge in [0.05, 0.1) is 18.7 Å². The molecule has 1 saturated heterocycles. The van der Waals surface area contributed by atoms with Gasteiger partial charge >= 0.3 is 0 Å². The second-order valence-corrected chi connectivity index (χ2v) is 7.79. The van der Waals surface area contributed by atoms with Crippen molar-refractivity contribution < 1.29 is 24.5 Å². The standard InChI is InChI=1S/C25H30N2O5/c1-5-26(6-2)13-14-27-22(17-7-9-18(28)10-8-17)21(24(30)25(27)31)23(29)20-12-11-19(32-4)15-16(20)3/h7-12,15,22,28-29H,5-6,13-14H2,1-4H3/b23-21-. The van der Waals surface area contributed by atoms with Gasteiger partial charge in [-0.05, 0) is 61.5 Å². The summed E-state index contributed by atoms with van der Waals surface area (Å²) < 4.78 is 5.23. The van der Waals surface area contributed by atoms with E-state index in [1.807, 2.05) is 20.8 Å². The van der Waals surface area contributed by atoms with Crippen LogP contribution in [0, 0.1) is 6.92 Å². The molecule has 1 unspecified atom stereocenters. The maximum atomic E-state index is 13.1. The lowest BCUT2D eigenvalue weighted by molar-refractivity contribution is -0.140. The molecule has 7 heteroatoms. The van der Waals surface area contributed by atoms with Crippen molar-refractivity contribution in [2.24, 2.45) is 0 Å². The molecule has 1 heterocycles. The summed E-state index contributed by atoms with van der Waals surface area (Å²) in [5.74, 6) is -0.848.